The summed E-state index contributed by atoms with van der Waals surface area (Å²) in [5, 5.41) is 4.22. The Bertz CT molecular complexity index is 1160. The summed E-state index contributed by atoms with van der Waals surface area (Å²) >= 11 is 1.57. The number of H-pyrrole nitrogens is 1. The molecule has 0 aliphatic heterocycles. The van der Waals surface area contributed by atoms with Gasteiger partial charge < -0.3 is 10.3 Å². The van der Waals surface area contributed by atoms with E-state index in [-0.39, 0.29) is 11.6 Å². The second-order valence-corrected chi connectivity index (χ2v) is 7.90. The Kier molecular flexibility index (Phi) is 4.54. The lowest BCUT2D eigenvalue weighted by Crippen LogP contribution is -2.17. The first-order chi connectivity index (χ1) is 13.0. The summed E-state index contributed by atoms with van der Waals surface area (Å²) in [6, 6.07) is 18.3. The van der Waals surface area contributed by atoms with Crippen LogP contribution in [0.1, 0.15) is 29.2 Å². The predicted molar refractivity (Wildman–Crippen MR) is 114 cm³/mol. The highest BCUT2D eigenvalue weighted by Crippen LogP contribution is 2.31. The Morgan fingerprint density at radius 3 is 2.52 bits per heavy atom. The van der Waals surface area contributed by atoms with Crippen molar-refractivity contribution in [2.24, 2.45) is 0 Å². The van der Waals surface area contributed by atoms with Gasteiger partial charge in [-0.05, 0) is 38.0 Å². The molecule has 5 heteroatoms. The number of para-hydroxylation sites is 1. The summed E-state index contributed by atoms with van der Waals surface area (Å²) in [6.45, 7) is 6.01. The minimum Gasteiger partial charge on any atom is -0.375 e. The minimum absolute atomic E-state index is 0.0677. The largest absolute Gasteiger partial charge is 0.375 e. The fourth-order valence-corrected chi connectivity index (χ4v) is 4.29. The van der Waals surface area contributed by atoms with E-state index < -0.39 is 0 Å². The van der Waals surface area contributed by atoms with Crippen LogP contribution in [0.25, 0.3) is 21.3 Å². The van der Waals surface area contributed by atoms with Gasteiger partial charge in [-0.15, -0.1) is 11.3 Å². The molecule has 0 saturated heterocycles. The number of nitrogens with zero attached hydrogens (tertiary/aromatic N) is 1. The first kappa shape index (κ1) is 17.5. The topological polar surface area (TPSA) is 57.8 Å². The van der Waals surface area contributed by atoms with Gasteiger partial charge in [-0.25, -0.2) is 4.98 Å². The van der Waals surface area contributed by atoms with Crippen LogP contribution >= 0.6 is 11.3 Å². The third kappa shape index (κ3) is 3.26. The number of nitrogens with one attached hydrogen (secondary N) is 2. The maximum Gasteiger partial charge on any atom is 0.259 e. The molecule has 27 heavy (non-hydrogen) atoms. The van der Waals surface area contributed by atoms with E-state index in [1.54, 1.807) is 11.3 Å². The van der Waals surface area contributed by atoms with Crippen LogP contribution in [0.15, 0.2) is 59.4 Å². The Morgan fingerprint density at radius 2 is 1.74 bits per heavy atom. The maximum absolute atomic E-state index is 12.6. The van der Waals surface area contributed by atoms with Crippen molar-refractivity contribution in [2.75, 3.05) is 5.32 Å². The molecule has 0 bridgehead atoms. The quantitative estimate of drug-likeness (QED) is 0.499. The van der Waals surface area contributed by atoms with Crippen LogP contribution in [-0.4, -0.2) is 9.97 Å². The average molecular weight is 375 g/mol. The number of anilines is 1. The number of rotatable bonds is 4. The highest BCUT2D eigenvalue weighted by atomic mass is 32.1. The van der Waals surface area contributed by atoms with E-state index in [1.165, 1.54) is 0 Å². The number of fused-ring (bicyclic) bond motifs is 1. The molecule has 0 saturated carbocycles. The van der Waals surface area contributed by atoms with Crippen molar-refractivity contribution in [3.05, 3.63) is 81.2 Å². The van der Waals surface area contributed by atoms with Crippen LogP contribution in [0.2, 0.25) is 0 Å². The standard InChI is InChI=1S/C22H21N3OS/c1-13-15(3)27-22-19(13)21(26)24-20(25-22)14(2)23-18-12-8-7-11-17(18)16-9-5-4-6-10-16/h4-12,14,23H,1-3H3,(H,24,25,26)/t14-/m0/s1. The van der Waals surface area contributed by atoms with Gasteiger partial charge in [0.15, 0.2) is 0 Å². The lowest BCUT2D eigenvalue weighted by atomic mass is 10.0. The molecule has 1 atom stereocenters. The lowest BCUT2D eigenvalue weighted by Gasteiger charge is -2.18. The fraction of sp³-hybridized carbons (Fsp3) is 0.182. The zero-order valence-corrected chi connectivity index (χ0v) is 16.4. The summed E-state index contributed by atoms with van der Waals surface area (Å²) in [5.74, 6) is 0.650. The van der Waals surface area contributed by atoms with Crippen LogP contribution in [0.4, 0.5) is 5.69 Å². The molecule has 0 amide bonds. The second kappa shape index (κ2) is 7.00. The van der Waals surface area contributed by atoms with E-state index in [0.717, 1.165) is 32.1 Å². The molecule has 0 unspecified atom stereocenters. The van der Waals surface area contributed by atoms with Gasteiger partial charge in [0.1, 0.15) is 10.7 Å². The first-order valence-electron chi connectivity index (χ1n) is 8.95. The molecule has 2 N–H and O–H groups in total. The first-order valence-corrected chi connectivity index (χ1v) is 9.77. The molecule has 136 valence electrons. The van der Waals surface area contributed by atoms with E-state index in [0.29, 0.717) is 11.2 Å². The summed E-state index contributed by atoms with van der Waals surface area (Å²) in [5.41, 5.74) is 4.23. The predicted octanol–water partition coefficient (Wildman–Crippen LogP) is 5.44. The van der Waals surface area contributed by atoms with Crippen LogP contribution in [0.5, 0.6) is 0 Å². The number of hydrogen-bond acceptors (Lipinski definition) is 4. The lowest BCUT2D eigenvalue weighted by molar-refractivity contribution is 0.793. The van der Waals surface area contributed by atoms with Gasteiger partial charge >= 0.3 is 0 Å². The zero-order valence-electron chi connectivity index (χ0n) is 15.5. The van der Waals surface area contributed by atoms with E-state index in [9.17, 15) is 4.79 Å². The molecule has 0 radical (unpaired) electrons. The molecule has 0 fully saturated rings. The third-order valence-corrected chi connectivity index (χ3v) is 5.95. The minimum atomic E-state index is -0.130. The van der Waals surface area contributed by atoms with E-state index >= 15 is 0 Å². The molecule has 2 heterocycles. The molecule has 0 aliphatic carbocycles. The van der Waals surface area contributed by atoms with Gasteiger partial charge in [-0.3, -0.25) is 4.79 Å². The molecule has 4 nitrogen and oxygen atoms in total. The van der Waals surface area contributed by atoms with Crippen molar-refractivity contribution in [3.8, 4) is 11.1 Å². The molecule has 4 rings (SSSR count). The number of thiophene rings is 1. The Hall–Kier alpha value is -2.92. The monoisotopic (exact) mass is 375 g/mol. The molecular formula is C22H21N3OS. The van der Waals surface area contributed by atoms with Crippen molar-refractivity contribution >= 4 is 27.2 Å². The van der Waals surface area contributed by atoms with Crippen LogP contribution in [0.3, 0.4) is 0 Å². The Labute approximate surface area is 161 Å². The Balaban J connectivity index is 1.71. The van der Waals surface area contributed by atoms with Crippen LogP contribution < -0.4 is 10.9 Å². The summed E-state index contributed by atoms with van der Waals surface area (Å²) < 4.78 is 0. The van der Waals surface area contributed by atoms with Crippen LogP contribution in [-0.2, 0) is 0 Å². The highest BCUT2D eigenvalue weighted by Gasteiger charge is 2.16. The van der Waals surface area contributed by atoms with E-state index in [4.69, 9.17) is 4.98 Å². The molecule has 4 aromatic rings. The average Bonchev–Trinajstić information content (AvgIpc) is 2.97. The maximum atomic E-state index is 12.6. The fourth-order valence-electron chi connectivity index (χ4n) is 3.26. The van der Waals surface area contributed by atoms with E-state index in [2.05, 4.69) is 34.6 Å². The number of aromatic nitrogens is 2. The molecule has 2 aromatic heterocycles. The Morgan fingerprint density at radius 1 is 1.04 bits per heavy atom. The third-order valence-electron chi connectivity index (χ3n) is 4.85. The zero-order chi connectivity index (χ0) is 19.0. The summed E-state index contributed by atoms with van der Waals surface area (Å²) in [4.78, 5) is 22.2. The molecular weight excluding hydrogens is 354 g/mol. The van der Waals surface area contributed by atoms with Gasteiger partial charge in [0.2, 0.25) is 0 Å². The van der Waals surface area contributed by atoms with E-state index in [1.807, 2.05) is 51.1 Å². The normalized spacial score (nSPS) is 12.3. The summed E-state index contributed by atoms with van der Waals surface area (Å²) in [6.07, 6.45) is 0. The molecule has 0 spiro atoms. The number of hydrogen-bond donors (Lipinski definition) is 2. The second-order valence-electron chi connectivity index (χ2n) is 6.69. The van der Waals surface area contributed by atoms with Gasteiger partial charge in [0.05, 0.1) is 11.4 Å². The van der Waals surface area contributed by atoms with Crippen molar-refractivity contribution in [2.45, 2.75) is 26.8 Å². The van der Waals surface area contributed by atoms with Gasteiger partial charge in [-0.2, -0.15) is 0 Å². The van der Waals surface area contributed by atoms with Gasteiger partial charge in [0.25, 0.3) is 5.56 Å². The van der Waals surface area contributed by atoms with Crippen molar-refractivity contribution in [3.63, 3.8) is 0 Å². The number of aromatic amines is 1. The van der Waals surface area contributed by atoms with Crippen molar-refractivity contribution in [1.29, 1.82) is 0 Å². The van der Waals surface area contributed by atoms with Crippen LogP contribution in [0, 0.1) is 13.8 Å². The molecule has 2 aromatic carbocycles. The van der Waals surface area contributed by atoms with Gasteiger partial charge in [-0.1, -0.05) is 48.5 Å². The number of benzene rings is 2. The highest BCUT2D eigenvalue weighted by molar-refractivity contribution is 7.18. The summed E-state index contributed by atoms with van der Waals surface area (Å²) in [7, 11) is 0. The molecule has 0 aliphatic rings. The number of aryl methyl sites for hydroxylation is 2. The SMILES string of the molecule is Cc1sc2nc([C@H](C)Nc3ccccc3-c3ccccc3)[nH]c(=O)c2c1C. The van der Waals surface area contributed by atoms with Gasteiger partial charge in [0, 0.05) is 16.1 Å². The van der Waals surface area contributed by atoms with Crippen molar-refractivity contribution < 1.29 is 0 Å². The van der Waals surface area contributed by atoms with Crippen molar-refractivity contribution in [1.82, 2.24) is 9.97 Å². The smallest absolute Gasteiger partial charge is 0.259 e.